The molecule has 0 saturated carbocycles. The molecule has 0 fully saturated rings. The fourth-order valence-corrected chi connectivity index (χ4v) is 2.16. The minimum atomic E-state index is -0.296. The highest BCUT2D eigenvalue weighted by atomic mass is 16.2. The van der Waals surface area contributed by atoms with Crippen LogP contribution < -0.4 is 10.9 Å². The molecule has 0 unspecified atom stereocenters. The third kappa shape index (κ3) is 4.23. The summed E-state index contributed by atoms with van der Waals surface area (Å²) in [6.07, 6.45) is 3.72. The molecule has 0 radical (unpaired) electrons. The number of nitrogens with one attached hydrogen (secondary N) is 2. The predicted molar refractivity (Wildman–Crippen MR) is 77.6 cm³/mol. The van der Waals surface area contributed by atoms with Crippen LogP contribution in [0.1, 0.15) is 61.6 Å². The summed E-state index contributed by atoms with van der Waals surface area (Å²) < 4.78 is 0. The van der Waals surface area contributed by atoms with Gasteiger partial charge in [0.15, 0.2) is 0 Å². The van der Waals surface area contributed by atoms with Crippen LogP contribution in [0.15, 0.2) is 10.9 Å². The molecule has 1 aromatic rings. The average Bonchev–Trinajstić information content (AvgIpc) is 2.33. The van der Waals surface area contributed by atoms with Gasteiger partial charge in [-0.1, -0.05) is 26.7 Å². The van der Waals surface area contributed by atoms with Crippen LogP contribution >= 0.6 is 0 Å². The number of aromatic amines is 1. The second-order valence-electron chi connectivity index (χ2n) is 5.09. The number of carbonyl (C=O) groups excluding carboxylic acids is 1. The van der Waals surface area contributed by atoms with E-state index in [9.17, 15) is 9.59 Å². The van der Waals surface area contributed by atoms with E-state index >= 15 is 0 Å². The first kappa shape index (κ1) is 15.5. The second kappa shape index (κ2) is 7.12. The van der Waals surface area contributed by atoms with Gasteiger partial charge in [-0.3, -0.25) is 9.59 Å². The van der Waals surface area contributed by atoms with Gasteiger partial charge in [-0.15, -0.1) is 0 Å². The molecular formula is C15H24N2O2. The Kier molecular flexibility index (Phi) is 5.80. The van der Waals surface area contributed by atoms with Crippen molar-refractivity contribution >= 4 is 5.91 Å². The molecule has 0 spiro atoms. The van der Waals surface area contributed by atoms with E-state index in [0.717, 1.165) is 36.9 Å². The first-order valence-electron chi connectivity index (χ1n) is 7.03. The molecule has 1 rings (SSSR count). The Labute approximate surface area is 114 Å². The third-order valence-electron chi connectivity index (χ3n) is 3.19. The van der Waals surface area contributed by atoms with E-state index in [1.807, 2.05) is 13.8 Å². The van der Waals surface area contributed by atoms with Gasteiger partial charge in [0.1, 0.15) is 5.56 Å². The van der Waals surface area contributed by atoms with Crippen molar-refractivity contribution in [2.45, 2.75) is 59.4 Å². The molecule has 106 valence electrons. The van der Waals surface area contributed by atoms with Crippen molar-refractivity contribution in [2.75, 3.05) is 0 Å². The monoisotopic (exact) mass is 264 g/mol. The number of amides is 1. The van der Waals surface area contributed by atoms with Gasteiger partial charge in [0.25, 0.3) is 11.5 Å². The summed E-state index contributed by atoms with van der Waals surface area (Å²) in [5.74, 6) is -0.284. The maximum absolute atomic E-state index is 12.0. The average molecular weight is 264 g/mol. The Hall–Kier alpha value is -1.58. The fourth-order valence-electron chi connectivity index (χ4n) is 2.16. The third-order valence-corrected chi connectivity index (χ3v) is 3.19. The summed E-state index contributed by atoms with van der Waals surface area (Å²) in [6, 6.07) is 1.78. The van der Waals surface area contributed by atoms with Crippen LogP contribution in [0, 0.1) is 6.92 Å². The molecule has 4 heteroatoms. The van der Waals surface area contributed by atoms with E-state index in [2.05, 4.69) is 24.1 Å². The molecule has 2 N–H and O–H groups in total. The maximum Gasteiger partial charge on any atom is 0.261 e. The minimum absolute atomic E-state index is 0.0903. The number of rotatable bonds is 6. The van der Waals surface area contributed by atoms with E-state index in [1.54, 1.807) is 6.07 Å². The van der Waals surface area contributed by atoms with Crippen LogP contribution in [0.5, 0.6) is 0 Å². The van der Waals surface area contributed by atoms with Crippen LogP contribution in [-0.2, 0) is 6.42 Å². The maximum atomic E-state index is 12.0. The zero-order chi connectivity index (χ0) is 14.4. The van der Waals surface area contributed by atoms with Gasteiger partial charge >= 0.3 is 0 Å². The second-order valence-corrected chi connectivity index (χ2v) is 5.09. The number of hydrogen-bond donors (Lipinski definition) is 2. The van der Waals surface area contributed by atoms with Crippen LogP contribution in [0.25, 0.3) is 0 Å². The molecule has 0 saturated heterocycles. The largest absolute Gasteiger partial charge is 0.349 e. The standard InChI is InChI=1S/C15H24N2O2/c1-5-7-11(4)16-14(18)12-9-10(3)13(8-6-2)17-15(12)19/h9,11H,5-8H2,1-4H3,(H,16,18)(H,17,19)/t11-/m0/s1. The summed E-state index contributed by atoms with van der Waals surface area (Å²) in [4.78, 5) is 26.8. The van der Waals surface area contributed by atoms with Crippen molar-refractivity contribution in [1.82, 2.24) is 10.3 Å². The van der Waals surface area contributed by atoms with Gasteiger partial charge in [-0.2, -0.15) is 0 Å². The van der Waals surface area contributed by atoms with Gasteiger partial charge in [0.05, 0.1) is 0 Å². The number of carbonyl (C=O) groups is 1. The number of H-pyrrole nitrogens is 1. The van der Waals surface area contributed by atoms with Crippen molar-refractivity contribution in [3.63, 3.8) is 0 Å². The molecule has 1 aromatic heterocycles. The topological polar surface area (TPSA) is 62.0 Å². The lowest BCUT2D eigenvalue weighted by molar-refractivity contribution is 0.0936. The lowest BCUT2D eigenvalue weighted by atomic mass is 10.1. The van der Waals surface area contributed by atoms with Crippen LogP contribution in [-0.4, -0.2) is 16.9 Å². The predicted octanol–water partition coefficient (Wildman–Crippen LogP) is 2.55. The molecule has 0 aromatic carbocycles. The van der Waals surface area contributed by atoms with Crippen molar-refractivity contribution in [1.29, 1.82) is 0 Å². The highest BCUT2D eigenvalue weighted by Gasteiger charge is 2.14. The SMILES string of the molecule is CCCc1[nH]c(=O)c(C(=O)N[C@@H](C)CCC)cc1C. The molecule has 4 nitrogen and oxygen atoms in total. The van der Waals surface area contributed by atoms with E-state index in [1.165, 1.54) is 0 Å². The van der Waals surface area contributed by atoms with E-state index in [-0.39, 0.29) is 23.1 Å². The van der Waals surface area contributed by atoms with Gasteiger partial charge < -0.3 is 10.3 Å². The molecular weight excluding hydrogens is 240 g/mol. The van der Waals surface area contributed by atoms with Crippen molar-refractivity contribution < 1.29 is 4.79 Å². The number of aromatic nitrogens is 1. The van der Waals surface area contributed by atoms with E-state index in [4.69, 9.17) is 0 Å². The van der Waals surface area contributed by atoms with Gasteiger partial charge in [0, 0.05) is 11.7 Å². The summed E-state index contributed by atoms with van der Waals surface area (Å²) >= 11 is 0. The quantitative estimate of drug-likeness (QED) is 0.829. The Morgan fingerprint density at radius 2 is 2.05 bits per heavy atom. The van der Waals surface area contributed by atoms with Gasteiger partial charge in [-0.25, -0.2) is 0 Å². The number of pyridine rings is 1. The lowest BCUT2D eigenvalue weighted by Crippen LogP contribution is -2.36. The van der Waals surface area contributed by atoms with E-state index < -0.39 is 0 Å². The first-order valence-corrected chi connectivity index (χ1v) is 7.03. The number of hydrogen-bond acceptors (Lipinski definition) is 2. The normalized spacial score (nSPS) is 12.2. The van der Waals surface area contributed by atoms with E-state index in [0.29, 0.717) is 0 Å². The Balaban J connectivity index is 2.92. The Bertz CT molecular complexity index is 491. The smallest absolute Gasteiger partial charge is 0.261 e. The van der Waals surface area contributed by atoms with Crippen molar-refractivity contribution in [2.24, 2.45) is 0 Å². The van der Waals surface area contributed by atoms with Crippen LogP contribution in [0.4, 0.5) is 0 Å². The molecule has 0 aliphatic carbocycles. The Morgan fingerprint density at radius 3 is 2.63 bits per heavy atom. The molecule has 0 aliphatic rings. The summed E-state index contributed by atoms with van der Waals surface area (Å²) in [5, 5.41) is 2.86. The summed E-state index contributed by atoms with van der Waals surface area (Å²) in [5.41, 5.74) is 1.80. The summed E-state index contributed by atoms with van der Waals surface area (Å²) in [7, 11) is 0. The molecule has 1 amide bonds. The molecule has 0 aliphatic heterocycles. The zero-order valence-electron chi connectivity index (χ0n) is 12.3. The van der Waals surface area contributed by atoms with Crippen LogP contribution in [0.2, 0.25) is 0 Å². The molecule has 0 bridgehead atoms. The van der Waals surface area contributed by atoms with Crippen LogP contribution in [0.3, 0.4) is 0 Å². The van der Waals surface area contributed by atoms with Gasteiger partial charge in [-0.05, 0) is 38.3 Å². The highest BCUT2D eigenvalue weighted by molar-refractivity contribution is 5.94. The Morgan fingerprint density at radius 1 is 1.37 bits per heavy atom. The number of aryl methyl sites for hydroxylation is 2. The lowest BCUT2D eigenvalue weighted by Gasteiger charge is -2.13. The highest BCUT2D eigenvalue weighted by Crippen LogP contribution is 2.07. The molecule has 1 atom stereocenters. The van der Waals surface area contributed by atoms with Crippen molar-refractivity contribution in [3.8, 4) is 0 Å². The minimum Gasteiger partial charge on any atom is -0.349 e. The summed E-state index contributed by atoms with van der Waals surface area (Å²) in [6.45, 7) is 8.01. The van der Waals surface area contributed by atoms with Gasteiger partial charge in [0.2, 0.25) is 0 Å². The molecule has 19 heavy (non-hydrogen) atoms. The zero-order valence-corrected chi connectivity index (χ0v) is 12.3. The first-order chi connectivity index (χ1) is 8.99. The fraction of sp³-hybridized carbons (Fsp3) is 0.600. The molecule has 1 heterocycles. The van der Waals surface area contributed by atoms with Crippen molar-refractivity contribution in [3.05, 3.63) is 33.2 Å².